The van der Waals surface area contributed by atoms with Gasteiger partial charge in [-0.05, 0) is 6.92 Å². The lowest BCUT2D eigenvalue weighted by atomic mass is 9.88. The number of esters is 1. The van der Waals surface area contributed by atoms with Crippen molar-refractivity contribution in [2.45, 2.75) is 13.3 Å². The van der Waals surface area contributed by atoms with Crippen molar-refractivity contribution in [3.8, 4) is 0 Å². The fourth-order valence-corrected chi connectivity index (χ4v) is 2.17. The summed E-state index contributed by atoms with van der Waals surface area (Å²) in [5, 5.41) is -0.197. The molecule has 0 heterocycles. The van der Waals surface area contributed by atoms with Crippen LogP contribution in [0.2, 0.25) is 0 Å². The number of rotatable bonds is 3. The molecule has 0 radical (unpaired) electrons. The van der Waals surface area contributed by atoms with Crippen molar-refractivity contribution in [3.63, 3.8) is 0 Å². The number of benzene rings is 1. The molecular formula is C14H11ClO4. The Hall–Kier alpha value is -1.94. The van der Waals surface area contributed by atoms with Gasteiger partial charge in [0.2, 0.25) is 5.78 Å². The fraction of sp³-hybridized carbons (Fsp3) is 0.214. The average molecular weight is 279 g/mol. The number of halogens is 1. The molecule has 4 nitrogen and oxygen atoms in total. The molecule has 0 fully saturated rings. The second-order valence-corrected chi connectivity index (χ2v) is 4.36. The number of carbonyl (C=O) groups excluding carboxylic acids is 3. The van der Waals surface area contributed by atoms with Gasteiger partial charge in [0.15, 0.2) is 5.78 Å². The number of ether oxygens (including phenoxy) is 1. The Morgan fingerprint density at radius 1 is 1.16 bits per heavy atom. The van der Waals surface area contributed by atoms with E-state index in [1.807, 2.05) is 0 Å². The van der Waals surface area contributed by atoms with Crippen LogP contribution in [0.1, 0.15) is 34.1 Å². The van der Waals surface area contributed by atoms with Gasteiger partial charge in [-0.3, -0.25) is 14.4 Å². The van der Waals surface area contributed by atoms with E-state index >= 15 is 0 Å². The maximum absolute atomic E-state index is 12.2. The van der Waals surface area contributed by atoms with E-state index < -0.39 is 17.5 Å². The molecule has 1 aromatic carbocycles. The summed E-state index contributed by atoms with van der Waals surface area (Å²) in [5.74, 6) is -1.40. The predicted octanol–water partition coefficient (Wildman–Crippen LogP) is 2.51. The third-order valence-corrected chi connectivity index (χ3v) is 3.18. The van der Waals surface area contributed by atoms with Crippen LogP contribution < -0.4 is 0 Å². The number of hydrogen-bond acceptors (Lipinski definition) is 4. The molecule has 5 heteroatoms. The Labute approximate surface area is 115 Å². The van der Waals surface area contributed by atoms with E-state index in [4.69, 9.17) is 16.3 Å². The van der Waals surface area contributed by atoms with Crippen molar-refractivity contribution in [3.05, 3.63) is 46.0 Å². The zero-order valence-corrected chi connectivity index (χ0v) is 11.0. The molecule has 0 aliphatic heterocycles. The van der Waals surface area contributed by atoms with Crippen LogP contribution in [0.4, 0.5) is 0 Å². The summed E-state index contributed by atoms with van der Waals surface area (Å²) in [6.45, 7) is 1.87. The van der Waals surface area contributed by atoms with Gasteiger partial charge in [0.05, 0.1) is 18.1 Å². The van der Waals surface area contributed by atoms with Crippen molar-refractivity contribution >= 4 is 29.1 Å². The molecule has 1 aromatic rings. The smallest absolute Gasteiger partial charge is 0.310 e. The van der Waals surface area contributed by atoms with Crippen LogP contribution in [0, 0.1) is 0 Å². The quantitative estimate of drug-likeness (QED) is 0.797. The third-order valence-electron chi connectivity index (χ3n) is 2.78. The van der Waals surface area contributed by atoms with Gasteiger partial charge in [0.25, 0.3) is 0 Å². The van der Waals surface area contributed by atoms with Crippen molar-refractivity contribution in [2.75, 3.05) is 6.61 Å². The number of ketones is 2. The lowest BCUT2D eigenvalue weighted by molar-refractivity contribution is -0.142. The highest BCUT2D eigenvalue weighted by molar-refractivity contribution is 6.50. The molecule has 2 rings (SSSR count). The van der Waals surface area contributed by atoms with Gasteiger partial charge in [-0.15, -0.1) is 0 Å². The van der Waals surface area contributed by atoms with Crippen LogP contribution in [0.15, 0.2) is 34.9 Å². The second-order valence-electron chi connectivity index (χ2n) is 3.98. The van der Waals surface area contributed by atoms with Crippen LogP contribution in [-0.4, -0.2) is 24.1 Å². The van der Waals surface area contributed by atoms with Gasteiger partial charge in [-0.1, -0.05) is 35.9 Å². The van der Waals surface area contributed by atoms with E-state index in [0.717, 1.165) is 0 Å². The molecule has 0 bridgehead atoms. The minimum Gasteiger partial charge on any atom is -0.466 e. The zero-order valence-electron chi connectivity index (χ0n) is 10.2. The highest BCUT2D eigenvalue weighted by atomic mass is 35.5. The molecule has 0 atom stereocenters. The van der Waals surface area contributed by atoms with Gasteiger partial charge >= 0.3 is 5.97 Å². The summed E-state index contributed by atoms with van der Waals surface area (Å²) < 4.78 is 4.77. The summed E-state index contributed by atoms with van der Waals surface area (Å²) in [4.78, 5) is 35.7. The van der Waals surface area contributed by atoms with Gasteiger partial charge < -0.3 is 4.74 Å². The largest absolute Gasteiger partial charge is 0.466 e. The maximum atomic E-state index is 12.2. The highest BCUT2D eigenvalue weighted by Crippen LogP contribution is 2.30. The summed E-state index contributed by atoms with van der Waals surface area (Å²) in [5.41, 5.74) is 0.546. The number of hydrogen-bond donors (Lipinski definition) is 0. The SMILES string of the molecule is CCOC(=O)CC1=C(Cl)C(=O)c2ccccc2C1=O. The van der Waals surface area contributed by atoms with Crippen LogP contribution in [0.25, 0.3) is 0 Å². The van der Waals surface area contributed by atoms with Crippen molar-refractivity contribution in [1.82, 2.24) is 0 Å². The minimum atomic E-state index is -0.573. The molecule has 1 aliphatic rings. The van der Waals surface area contributed by atoms with Crippen molar-refractivity contribution in [1.29, 1.82) is 0 Å². The first-order valence-electron chi connectivity index (χ1n) is 5.79. The Kier molecular flexibility index (Phi) is 3.81. The van der Waals surface area contributed by atoms with Gasteiger partial charge in [-0.25, -0.2) is 0 Å². The summed E-state index contributed by atoms with van der Waals surface area (Å²) in [6.07, 6.45) is -0.286. The Morgan fingerprint density at radius 3 is 2.32 bits per heavy atom. The molecule has 1 aliphatic carbocycles. The van der Waals surface area contributed by atoms with E-state index in [1.54, 1.807) is 31.2 Å². The van der Waals surface area contributed by atoms with Crippen molar-refractivity contribution in [2.24, 2.45) is 0 Å². The van der Waals surface area contributed by atoms with E-state index in [0.29, 0.717) is 0 Å². The standard InChI is InChI=1S/C14H11ClO4/c1-2-19-11(16)7-10-12(15)14(18)9-6-4-3-5-8(9)13(10)17/h3-6H,2,7H2,1H3. The summed E-state index contributed by atoms with van der Waals surface area (Å²) >= 11 is 5.90. The van der Waals surface area contributed by atoms with E-state index in [9.17, 15) is 14.4 Å². The van der Waals surface area contributed by atoms with Gasteiger partial charge in [-0.2, -0.15) is 0 Å². The molecule has 0 amide bonds. The highest BCUT2D eigenvalue weighted by Gasteiger charge is 2.32. The van der Waals surface area contributed by atoms with Gasteiger partial charge in [0.1, 0.15) is 0 Å². The van der Waals surface area contributed by atoms with Gasteiger partial charge in [0, 0.05) is 16.7 Å². The Bertz CT molecular complexity index is 601. The molecule has 0 N–H and O–H groups in total. The molecule has 0 spiro atoms. The lowest BCUT2D eigenvalue weighted by Crippen LogP contribution is -2.22. The van der Waals surface area contributed by atoms with E-state index in [-0.39, 0.29) is 34.8 Å². The zero-order chi connectivity index (χ0) is 14.0. The molecule has 0 aromatic heterocycles. The van der Waals surface area contributed by atoms with Crippen LogP contribution in [-0.2, 0) is 9.53 Å². The maximum Gasteiger partial charge on any atom is 0.310 e. The molecule has 0 unspecified atom stereocenters. The molecule has 0 saturated heterocycles. The number of fused-ring (bicyclic) bond motifs is 1. The monoisotopic (exact) mass is 278 g/mol. The Balaban J connectivity index is 2.40. The second kappa shape index (κ2) is 5.36. The predicted molar refractivity (Wildman–Crippen MR) is 69.2 cm³/mol. The van der Waals surface area contributed by atoms with Crippen molar-refractivity contribution < 1.29 is 19.1 Å². The average Bonchev–Trinajstić information content (AvgIpc) is 2.41. The third kappa shape index (κ3) is 2.44. The number of carbonyl (C=O) groups is 3. The number of Topliss-reactive ketones (excluding diaryl/α,β-unsaturated/α-hetero) is 2. The molecule has 98 valence electrons. The lowest BCUT2D eigenvalue weighted by Gasteiger charge is -2.16. The normalized spacial score (nSPS) is 14.4. The van der Waals surface area contributed by atoms with Crippen LogP contribution in [0.3, 0.4) is 0 Å². The minimum absolute atomic E-state index is 0.00353. The summed E-state index contributed by atoms with van der Waals surface area (Å²) in [7, 11) is 0. The number of allylic oxidation sites excluding steroid dienone is 1. The first-order chi connectivity index (χ1) is 9.06. The van der Waals surface area contributed by atoms with Crippen LogP contribution in [0.5, 0.6) is 0 Å². The first kappa shape index (κ1) is 13.5. The summed E-state index contributed by atoms with van der Waals surface area (Å²) in [6, 6.07) is 6.40. The van der Waals surface area contributed by atoms with E-state index in [1.165, 1.54) is 0 Å². The Morgan fingerprint density at radius 2 is 1.74 bits per heavy atom. The molecule has 0 saturated carbocycles. The first-order valence-corrected chi connectivity index (χ1v) is 6.16. The molecule has 19 heavy (non-hydrogen) atoms. The topological polar surface area (TPSA) is 60.4 Å². The molecular weight excluding hydrogens is 268 g/mol. The van der Waals surface area contributed by atoms with E-state index in [2.05, 4.69) is 0 Å². The fourth-order valence-electron chi connectivity index (χ4n) is 1.91. The van der Waals surface area contributed by atoms with Crippen LogP contribution >= 0.6 is 11.6 Å².